The molecule has 0 N–H and O–H groups in total. The minimum atomic E-state index is -1.99. The van der Waals surface area contributed by atoms with Gasteiger partial charge in [0.1, 0.15) is 0 Å². The number of rotatable bonds is 4. The Kier molecular flexibility index (Phi) is 4.10. The molecule has 2 aliphatic carbocycles. The molecule has 0 spiro atoms. The van der Waals surface area contributed by atoms with Crippen molar-refractivity contribution in [2.45, 2.75) is 37.9 Å². The van der Waals surface area contributed by atoms with Crippen molar-refractivity contribution in [3.05, 3.63) is 78.9 Å². The van der Waals surface area contributed by atoms with E-state index in [9.17, 15) is 0 Å². The van der Waals surface area contributed by atoms with Crippen LogP contribution in [-0.2, 0) is 16.1 Å². The van der Waals surface area contributed by atoms with Crippen LogP contribution in [0.15, 0.2) is 78.9 Å². The molecule has 0 heterocycles. The standard InChI is InChI=1S/C18H19Si.3CH3.Pt/c1-19(2,17-12-4-3-5-13-17)18(14-8-9-15-18)16-10-6-7-11-16;;;;/h3-15H,1-2H3;3*1H3;. The zero-order valence-corrected chi connectivity index (χ0v) is 18.1. The van der Waals surface area contributed by atoms with Gasteiger partial charge in [0.2, 0.25) is 0 Å². The van der Waals surface area contributed by atoms with E-state index in [4.69, 9.17) is 0 Å². The van der Waals surface area contributed by atoms with Gasteiger partial charge >= 0.3 is 146 Å². The average molecular weight is 504 g/mol. The second-order valence-electron chi connectivity index (χ2n) is 7.44. The molecular weight excluding hydrogens is 475 g/mol. The van der Waals surface area contributed by atoms with E-state index in [1.54, 1.807) is 5.19 Å². The van der Waals surface area contributed by atoms with Crippen LogP contribution in [0, 0.1) is 0 Å². The summed E-state index contributed by atoms with van der Waals surface area (Å²) in [5.74, 6) is 0. The molecule has 0 unspecified atom stereocenters. The maximum absolute atomic E-state index is 2.56. The van der Waals surface area contributed by atoms with E-state index < -0.39 is 24.1 Å². The third-order valence-electron chi connectivity index (χ3n) is 5.52. The summed E-state index contributed by atoms with van der Waals surface area (Å²) in [6.45, 7) is 5.11. The summed E-state index contributed by atoms with van der Waals surface area (Å²) in [6.07, 6.45) is 19.3. The van der Waals surface area contributed by atoms with Crippen LogP contribution in [0.3, 0.4) is 0 Å². The summed E-state index contributed by atoms with van der Waals surface area (Å²) in [6, 6.07) is 11.2. The first-order valence-electron chi connectivity index (χ1n) is 7.92. The van der Waals surface area contributed by atoms with E-state index in [2.05, 4.69) is 108 Å². The second kappa shape index (κ2) is 5.57. The summed E-state index contributed by atoms with van der Waals surface area (Å²) in [4.78, 5) is 0. The second-order valence-corrected chi connectivity index (χ2v) is 24.2. The molecule has 1 aromatic rings. The van der Waals surface area contributed by atoms with Crippen molar-refractivity contribution >= 4 is 13.3 Å². The third kappa shape index (κ3) is 2.28. The minimum absolute atomic E-state index is 0.139. The van der Waals surface area contributed by atoms with Crippen LogP contribution in [0.2, 0.25) is 37.9 Å². The van der Waals surface area contributed by atoms with E-state index in [0.29, 0.717) is 0 Å². The van der Waals surface area contributed by atoms with Gasteiger partial charge in [0.05, 0.1) is 0 Å². The quantitative estimate of drug-likeness (QED) is 0.439. The Morgan fingerprint density at radius 1 is 0.739 bits per heavy atom. The van der Waals surface area contributed by atoms with Crippen LogP contribution >= 0.6 is 0 Å². The Morgan fingerprint density at radius 3 is 1.70 bits per heavy atom. The molecule has 23 heavy (non-hydrogen) atoms. The molecule has 0 radical (unpaired) electrons. The third-order valence-corrected chi connectivity index (χ3v) is 18.0. The normalized spacial score (nSPS) is 22.0. The van der Waals surface area contributed by atoms with Gasteiger partial charge in [-0.15, -0.1) is 0 Å². The van der Waals surface area contributed by atoms with Gasteiger partial charge in [-0.2, -0.15) is 0 Å². The van der Waals surface area contributed by atoms with Crippen molar-refractivity contribution in [3.8, 4) is 0 Å². The van der Waals surface area contributed by atoms with Crippen molar-refractivity contribution < 1.29 is 16.1 Å². The first kappa shape index (κ1) is 16.9. The number of hydrogen-bond donors (Lipinski definition) is 0. The topological polar surface area (TPSA) is 0 Å². The number of hydrogen-bond acceptors (Lipinski definition) is 0. The van der Waals surface area contributed by atoms with E-state index in [1.807, 2.05) is 0 Å². The summed E-state index contributed by atoms with van der Waals surface area (Å²) in [7, 11) is -1.77. The molecule has 0 amide bonds. The Hall–Kier alpha value is -0.915. The van der Waals surface area contributed by atoms with E-state index in [-0.39, 0.29) is 8.84 Å². The predicted molar refractivity (Wildman–Crippen MR) is 103 cm³/mol. The van der Waals surface area contributed by atoms with Crippen LogP contribution in [-0.4, -0.2) is 8.07 Å². The molecular formula is C21H28PtSi. The molecule has 0 aromatic heterocycles. The van der Waals surface area contributed by atoms with Crippen molar-refractivity contribution in [1.82, 2.24) is 0 Å². The van der Waals surface area contributed by atoms with Crippen LogP contribution in [0.5, 0.6) is 0 Å². The molecule has 0 saturated carbocycles. The first-order chi connectivity index (χ1) is 10.8. The van der Waals surface area contributed by atoms with Gasteiger partial charge in [-0.3, -0.25) is 0 Å². The van der Waals surface area contributed by atoms with Crippen molar-refractivity contribution in [2.24, 2.45) is 0 Å². The van der Waals surface area contributed by atoms with Crippen LogP contribution in [0.25, 0.3) is 0 Å². The van der Waals surface area contributed by atoms with E-state index in [1.165, 1.54) is 0 Å². The molecule has 3 rings (SSSR count). The fraction of sp³-hybridized carbons (Fsp3) is 0.333. The van der Waals surface area contributed by atoms with Gasteiger partial charge in [-0.05, 0) is 0 Å². The summed E-state index contributed by atoms with van der Waals surface area (Å²) >= 11 is -1.99. The molecule has 2 heteroatoms. The van der Waals surface area contributed by atoms with Gasteiger partial charge < -0.3 is 0 Å². The molecule has 0 saturated heterocycles. The fourth-order valence-corrected chi connectivity index (χ4v) is 17.7. The van der Waals surface area contributed by atoms with Gasteiger partial charge in [-0.25, -0.2) is 0 Å². The SMILES string of the molecule is C[Si](C)(c1ccccc1)C1([C]2([Pt]([CH3])([CH3])[CH3])C=CC=C2)C=CC=C1. The molecule has 0 atom stereocenters. The van der Waals surface area contributed by atoms with Crippen molar-refractivity contribution in [1.29, 1.82) is 0 Å². The molecule has 0 aliphatic heterocycles. The summed E-state index contributed by atoms with van der Waals surface area (Å²) in [5, 5.41) is 9.37. The van der Waals surface area contributed by atoms with E-state index in [0.717, 1.165) is 0 Å². The van der Waals surface area contributed by atoms with Gasteiger partial charge in [0, 0.05) is 0 Å². The molecule has 0 nitrogen and oxygen atoms in total. The van der Waals surface area contributed by atoms with Crippen molar-refractivity contribution in [3.63, 3.8) is 0 Å². The summed E-state index contributed by atoms with van der Waals surface area (Å²) in [5.41, 5.74) is 0. The molecule has 126 valence electrons. The average Bonchev–Trinajstić information content (AvgIpc) is 3.18. The van der Waals surface area contributed by atoms with E-state index >= 15 is 0 Å². The molecule has 2 aliphatic rings. The van der Waals surface area contributed by atoms with Crippen LogP contribution < -0.4 is 5.19 Å². The van der Waals surface area contributed by atoms with Gasteiger partial charge in [-0.1, -0.05) is 0 Å². The Labute approximate surface area is 145 Å². The zero-order chi connectivity index (χ0) is 16.8. The van der Waals surface area contributed by atoms with Gasteiger partial charge in [0.25, 0.3) is 0 Å². The Balaban J connectivity index is 2.27. The first-order valence-corrected chi connectivity index (χ1v) is 18.9. The summed E-state index contributed by atoms with van der Waals surface area (Å²) < 4.78 is 0.203. The number of allylic oxidation sites excluding steroid dienone is 8. The number of benzene rings is 1. The van der Waals surface area contributed by atoms with Crippen molar-refractivity contribution in [2.75, 3.05) is 0 Å². The Bertz CT molecular complexity index is 675. The van der Waals surface area contributed by atoms with Gasteiger partial charge in [0.15, 0.2) is 0 Å². The maximum atomic E-state index is 2.56. The fourth-order valence-electron chi connectivity index (χ4n) is 4.10. The monoisotopic (exact) mass is 503 g/mol. The van der Waals surface area contributed by atoms with Crippen LogP contribution in [0.4, 0.5) is 0 Å². The predicted octanol–water partition coefficient (Wildman–Crippen LogP) is 6.05. The zero-order valence-electron chi connectivity index (χ0n) is 14.8. The Morgan fingerprint density at radius 2 is 1.22 bits per heavy atom. The molecule has 0 fully saturated rings. The van der Waals surface area contributed by atoms with Crippen LogP contribution in [0.1, 0.15) is 0 Å². The molecule has 0 bridgehead atoms. The molecule has 1 aromatic carbocycles.